The molecule has 17 heavy (non-hydrogen) atoms. The molecule has 0 aliphatic heterocycles. The minimum absolute atomic E-state index is 0.251. The lowest BCUT2D eigenvalue weighted by Gasteiger charge is -2.11. The van der Waals surface area contributed by atoms with Crippen LogP contribution in [-0.4, -0.2) is 13.9 Å². The Labute approximate surface area is 109 Å². The van der Waals surface area contributed by atoms with E-state index in [1.807, 2.05) is 36.4 Å². The lowest BCUT2D eigenvalue weighted by molar-refractivity contribution is 0.0515. The maximum absolute atomic E-state index is 5.55. The third-order valence-electron chi connectivity index (χ3n) is 2.36. The third kappa shape index (κ3) is 3.08. The summed E-state index contributed by atoms with van der Waals surface area (Å²) in [5.41, 5.74) is 2.18. The number of benzene rings is 2. The number of halogens is 1. The molecule has 3 heteroatoms. The van der Waals surface area contributed by atoms with Crippen LogP contribution in [0.15, 0.2) is 53.0 Å². The monoisotopic (exact) mass is 292 g/mol. The Morgan fingerprint density at radius 3 is 2.53 bits per heavy atom. The molecule has 0 atom stereocenters. The zero-order chi connectivity index (χ0) is 12.1. The van der Waals surface area contributed by atoms with E-state index in [1.54, 1.807) is 7.11 Å². The largest absolute Gasteiger partial charge is 0.467 e. The van der Waals surface area contributed by atoms with Gasteiger partial charge in [-0.15, -0.1) is 0 Å². The van der Waals surface area contributed by atoms with Gasteiger partial charge < -0.3 is 9.47 Å². The van der Waals surface area contributed by atoms with Gasteiger partial charge in [-0.2, -0.15) is 0 Å². The number of methoxy groups -OCH3 is 1. The molecule has 0 amide bonds. The molecule has 0 saturated carbocycles. The summed E-state index contributed by atoms with van der Waals surface area (Å²) in [6.45, 7) is 0.251. The van der Waals surface area contributed by atoms with Crippen LogP contribution in [0, 0.1) is 0 Å². The highest BCUT2D eigenvalue weighted by Crippen LogP contribution is 2.32. The van der Waals surface area contributed by atoms with E-state index >= 15 is 0 Å². The van der Waals surface area contributed by atoms with Gasteiger partial charge in [0.1, 0.15) is 5.75 Å². The first kappa shape index (κ1) is 12.1. The molecule has 2 nitrogen and oxygen atoms in total. The molecule has 0 bridgehead atoms. The summed E-state index contributed by atoms with van der Waals surface area (Å²) in [6, 6.07) is 16.1. The Morgan fingerprint density at radius 2 is 1.82 bits per heavy atom. The topological polar surface area (TPSA) is 18.5 Å². The van der Waals surface area contributed by atoms with E-state index in [0.717, 1.165) is 21.3 Å². The molecular formula is C14H13BrO2. The highest BCUT2D eigenvalue weighted by Gasteiger charge is 2.06. The van der Waals surface area contributed by atoms with Crippen molar-refractivity contribution < 1.29 is 9.47 Å². The first-order valence-corrected chi connectivity index (χ1v) is 6.07. The summed E-state index contributed by atoms with van der Waals surface area (Å²) in [6.07, 6.45) is 0. The molecule has 88 valence electrons. The molecule has 2 aromatic rings. The van der Waals surface area contributed by atoms with Crippen molar-refractivity contribution in [3.63, 3.8) is 0 Å². The second-order valence-corrected chi connectivity index (χ2v) is 4.47. The first-order valence-electron chi connectivity index (χ1n) is 5.28. The number of hydrogen-bond acceptors (Lipinski definition) is 2. The molecule has 2 rings (SSSR count). The predicted octanol–water partition coefficient (Wildman–Crippen LogP) is 4.10. The van der Waals surface area contributed by atoms with Crippen molar-refractivity contribution in [1.29, 1.82) is 0 Å². The van der Waals surface area contributed by atoms with Crippen molar-refractivity contribution in [2.24, 2.45) is 0 Å². The average molecular weight is 293 g/mol. The third-order valence-corrected chi connectivity index (χ3v) is 2.85. The first-order chi connectivity index (χ1) is 8.31. The molecule has 0 heterocycles. The standard InChI is InChI=1S/C14H13BrO2/c1-16-10-17-14-8-7-12(15)9-13(14)11-5-3-2-4-6-11/h2-9H,10H2,1H3. The summed E-state index contributed by atoms with van der Waals surface area (Å²) in [5, 5.41) is 0. The van der Waals surface area contributed by atoms with Crippen LogP contribution in [0.3, 0.4) is 0 Å². The fraction of sp³-hybridized carbons (Fsp3) is 0.143. The highest BCUT2D eigenvalue weighted by molar-refractivity contribution is 9.10. The second kappa shape index (κ2) is 5.84. The van der Waals surface area contributed by atoms with Crippen LogP contribution >= 0.6 is 15.9 Å². The van der Waals surface area contributed by atoms with Crippen LogP contribution < -0.4 is 4.74 Å². The molecule has 2 aromatic carbocycles. The minimum Gasteiger partial charge on any atom is -0.467 e. The predicted molar refractivity (Wildman–Crippen MR) is 72.1 cm³/mol. The molecule has 0 N–H and O–H groups in total. The zero-order valence-electron chi connectivity index (χ0n) is 9.52. The van der Waals surface area contributed by atoms with E-state index < -0.39 is 0 Å². The van der Waals surface area contributed by atoms with Gasteiger partial charge in [0.25, 0.3) is 0 Å². The van der Waals surface area contributed by atoms with E-state index in [2.05, 4.69) is 28.1 Å². The lowest BCUT2D eigenvalue weighted by Crippen LogP contribution is -2.00. The van der Waals surface area contributed by atoms with Crippen molar-refractivity contribution >= 4 is 15.9 Å². The molecule has 0 spiro atoms. The fourth-order valence-corrected chi connectivity index (χ4v) is 1.95. The van der Waals surface area contributed by atoms with Gasteiger partial charge in [0.05, 0.1) is 0 Å². The Kier molecular flexibility index (Phi) is 4.18. The summed E-state index contributed by atoms with van der Waals surface area (Å²) >= 11 is 3.47. The quantitative estimate of drug-likeness (QED) is 0.790. The molecular weight excluding hydrogens is 280 g/mol. The van der Waals surface area contributed by atoms with Crippen molar-refractivity contribution in [1.82, 2.24) is 0 Å². The minimum atomic E-state index is 0.251. The summed E-state index contributed by atoms with van der Waals surface area (Å²) in [4.78, 5) is 0. The van der Waals surface area contributed by atoms with E-state index in [4.69, 9.17) is 9.47 Å². The Hall–Kier alpha value is -1.32. The van der Waals surface area contributed by atoms with Crippen molar-refractivity contribution in [3.05, 3.63) is 53.0 Å². The Bertz CT molecular complexity index is 483. The van der Waals surface area contributed by atoms with Gasteiger partial charge in [0.2, 0.25) is 0 Å². The average Bonchev–Trinajstić information content (AvgIpc) is 2.38. The molecule has 0 saturated heterocycles. The van der Waals surface area contributed by atoms with Crippen molar-refractivity contribution in [2.75, 3.05) is 13.9 Å². The number of hydrogen-bond donors (Lipinski definition) is 0. The molecule has 0 fully saturated rings. The van der Waals surface area contributed by atoms with Crippen LogP contribution in [0.2, 0.25) is 0 Å². The van der Waals surface area contributed by atoms with E-state index in [9.17, 15) is 0 Å². The number of ether oxygens (including phenoxy) is 2. The maximum atomic E-state index is 5.55. The van der Waals surface area contributed by atoms with Crippen molar-refractivity contribution in [3.8, 4) is 16.9 Å². The van der Waals surface area contributed by atoms with Gasteiger partial charge in [-0.3, -0.25) is 0 Å². The van der Waals surface area contributed by atoms with Crippen molar-refractivity contribution in [2.45, 2.75) is 0 Å². The smallest absolute Gasteiger partial charge is 0.188 e. The van der Waals surface area contributed by atoms with Crippen LogP contribution in [0.1, 0.15) is 0 Å². The van der Waals surface area contributed by atoms with Crippen LogP contribution in [0.5, 0.6) is 5.75 Å². The second-order valence-electron chi connectivity index (χ2n) is 3.56. The van der Waals surface area contributed by atoms with Gasteiger partial charge in [-0.05, 0) is 23.8 Å². The Morgan fingerprint density at radius 1 is 1.06 bits per heavy atom. The van der Waals surface area contributed by atoms with Gasteiger partial charge in [-0.1, -0.05) is 46.3 Å². The van der Waals surface area contributed by atoms with E-state index in [0.29, 0.717) is 0 Å². The molecule has 0 aliphatic carbocycles. The lowest BCUT2D eigenvalue weighted by atomic mass is 10.1. The number of rotatable bonds is 4. The summed E-state index contributed by atoms with van der Waals surface area (Å²) in [7, 11) is 1.61. The van der Waals surface area contributed by atoms with Gasteiger partial charge in [0.15, 0.2) is 6.79 Å². The Balaban J connectivity index is 2.40. The van der Waals surface area contributed by atoms with E-state index in [-0.39, 0.29) is 6.79 Å². The van der Waals surface area contributed by atoms with Gasteiger partial charge in [-0.25, -0.2) is 0 Å². The molecule has 0 radical (unpaired) electrons. The normalized spacial score (nSPS) is 10.2. The summed E-state index contributed by atoms with van der Waals surface area (Å²) < 4.78 is 11.5. The zero-order valence-corrected chi connectivity index (χ0v) is 11.1. The van der Waals surface area contributed by atoms with Crippen LogP contribution in [0.25, 0.3) is 11.1 Å². The maximum Gasteiger partial charge on any atom is 0.188 e. The molecule has 0 aromatic heterocycles. The van der Waals surface area contributed by atoms with Crippen LogP contribution in [-0.2, 0) is 4.74 Å². The van der Waals surface area contributed by atoms with Crippen LogP contribution in [0.4, 0.5) is 0 Å². The van der Waals surface area contributed by atoms with E-state index in [1.165, 1.54) is 0 Å². The van der Waals surface area contributed by atoms with Gasteiger partial charge in [0, 0.05) is 17.1 Å². The fourth-order valence-electron chi connectivity index (χ4n) is 1.59. The summed E-state index contributed by atoms with van der Waals surface area (Å²) in [5.74, 6) is 0.821. The highest BCUT2D eigenvalue weighted by atomic mass is 79.9. The SMILES string of the molecule is COCOc1ccc(Br)cc1-c1ccccc1. The van der Waals surface area contributed by atoms with Gasteiger partial charge >= 0.3 is 0 Å². The molecule has 0 unspecified atom stereocenters. The molecule has 0 aliphatic rings.